The number of thioether (sulfide) groups is 1. The molecule has 1 aliphatic heterocycles. The highest BCUT2D eigenvalue weighted by atomic mass is 32.2. The molecule has 0 radical (unpaired) electrons. The first-order chi connectivity index (χ1) is 6.85. The van der Waals surface area contributed by atoms with Crippen LogP contribution in [0.3, 0.4) is 0 Å². The SMILES string of the molecule is CCC1=C(CC)C(C)(C)CSCC1(C)C. The molecular formula is C14H26S. The van der Waals surface area contributed by atoms with Crippen LogP contribution in [-0.4, -0.2) is 11.5 Å². The summed E-state index contributed by atoms with van der Waals surface area (Å²) in [6.45, 7) is 14.3. The summed E-state index contributed by atoms with van der Waals surface area (Å²) in [7, 11) is 0. The van der Waals surface area contributed by atoms with E-state index in [1.165, 1.54) is 24.3 Å². The van der Waals surface area contributed by atoms with Crippen LogP contribution in [0.2, 0.25) is 0 Å². The van der Waals surface area contributed by atoms with E-state index in [1.807, 2.05) is 0 Å². The second-order valence-corrected chi connectivity index (χ2v) is 6.91. The van der Waals surface area contributed by atoms with Crippen molar-refractivity contribution in [3.63, 3.8) is 0 Å². The largest absolute Gasteiger partial charge is 0.160 e. The monoisotopic (exact) mass is 226 g/mol. The predicted octanol–water partition coefficient (Wildman–Crippen LogP) is 4.90. The molecule has 0 aromatic rings. The van der Waals surface area contributed by atoms with E-state index in [2.05, 4.69) is 53.3 Å². The van der Waals surface area contributed by atoms with Gasteiger partial charge in [-0.1, -0.05) is 52.7 Å². The molecule has 1 heterocycles. The first kappa shape index (κ1) is 13.2. The van der Waals surface area contributed by atoms with E-state index in [0.717, 1.165) is 0 Å². The van der Waals surface area contributed by atoms with Gasteiger partial charge in [-0.25, -0.2) is 0 Å². The molecule has 1 rings (SSSR count). The van der Waals surface area contributed by atoms with Gasteiger partial charge in [0.15, 0.2) is 0 Å². The lowest BCUT2D eigenvalue weighted by atomic mass is 9.73. The Morgan fingerprint density at radius 2 is 1.20 bits per heavy atom. The van der Waals surface area contributed by atoms with Crippen LogP contribution in [0.15, 0.2) is 11.1 Å². The van der Waals surface area contributed by atoms with Gasteiger partial charge < -0.3 is 0 Å². The molecule has 0 unspecified atom stereocenters. The Balaban J connectivity index is 3.25. The summed E-state index contributed by atoms with van der Waals surface area (Å²) in [6.07, 6.45) is 2.44. The van der Waals surface area contributed by atoms with Crippen molar-refractivity contribution in [2.75, 3.05) is 11.5 Å². The Morgan fingerprint density at radius 1 is 0.867 bits per heavy atom. The normalized spacial score (nSPS) is 25.2. The van der Waals surface area contributed by atoms with Gasteiger partial charge in [-0.15, -0.1) is 0 Å². The lowest BCUT2D eigenvalue weighted by Gasteiger charge is -2.32. The van der Waals surface area contributed by atoms with Gasteiger partial charge in [0, 0.05) is 11.5 Å². The van der Waals surface area contributed by atoms with Crippen LogP contribution in [0.1, 0.15) is 54.4 Å². The Kier molecular flexibility index (Phi) is 3.97. The second-order valence-electron chi connectivity index (χ2n) is 5.92. The van der Waals surface area contributed by atoms with Gasteiger partial charge in [0.1, 0.15) is 0 Å². The van der Waals surface area contributed by atoms with E-state index < -0.39 is 0 Å². The zero-order valence-corrected chi connectivity index (χ0v) is 12.1. The van der Waals surface area contributed by atoms with Crippen molar-refractivity contribution in [2.45, 2.75) is 54.4 Å². The smallest absolute Gasteiger partial charge is 0.00217 e. The van der Waals surface area contributed by atoms with E-state index in [0.29, 0.717) is 10.8 Å². The standard InChI is InChI=1S/C14H26S/c1-7-11-12(8-2)14(5,6)10-15-9-13(11,3)4/h7-10H2,1-6H3. The van der Waals surface area contributed by atoms with Gasteiger partial charge in [-0.3, -0.25) is 0 Å². The number of rotatable bonds is 2. The Bertz CT molecular complexity index is 233. The first-order valence-corrected chi connectivity index (χ1v) is 7.31. The van der Waals surface area contributed by atoms with Gasteiger partial charge in [0.25, 0.3) is 0 Å². The molecule has 88 valence electrons. The van der Waals surface area contributed by atoms with Gasteiger partial charge in [0.05, 0.1) is 0 Å². The second kappa shape index (κ2) is 4.53. The van der Waals surface area contributed by atoms with Crippen LogP contribution in [-0.2, 0) is 0 Å². The third-order valence-corrected chi connectivity index (χ3v) is 5.48. The summed E-state index contributed by atoms with van der Waals surface area (Å²) in [4.78, 5) is 0. The average Bonchev–Trinajstić information content (AvgIpc) is 2.19. The summed E-state index contributed by atoms with van der Waals surface area (Å²) >= 11 is 2.13. The van der Waals surface area contributed by atoms with Crippen LogP contribution >= 0.6 is 11.8 Å². The molecule has 0 saturated carbocycles. The summed E-state index contributed by atoms with van der Waals surface area (Å²) in [5.41, 5.74) is 4.25. The van der Waals surface area contributed by atoms with Crippen molar-refractivity contribution >= 4 is 11.8 Å². The third-order valence-electron chi connectivity index (χ3n) is 3.63. The van der Waals surface area contributed by atoms with Crippen molar-refractivity contribution < 1.29 is 0 Å². The van der Waals surface area contributed by atoms with Gasteiger partial charge in [-0.05, 0) is 23.7 Å². The van der Waals surface area contributed by atoms with Crippen LogP contribution in [0.25, 0.3) is 0 Å². The quantitative estimate of drug-likeness (QED) is 0.603. The Hall–Kier alpha value is 0.0900. The van der Waals surface area contributed by atoms with E-state index >= 15 is 0 Å². The molecule has 0 fully saturated rings. The first-order valence-electron chi connectivity index (χ1n) is 6.16. The zero-order chi connectivity index (χ0) is 11.7. The Morgan fingerprint density at radius 3 is 1.47 bits per heavy atom. The fourth-order valence-corrected chi connectivity index (χ4v) is 4.41. The van der Waals surface area contributed by atoms with Gasteiger partial charge in [0.2, 0.25) is 0 Å². The maximum atomic E-state index is 2.41. The van der Waals surface area contributed by atoms with Crippen molar-refractivity contribution in [1.29, 1.82) is 0 Å². The van der Waals surface area contributed by atoms with Crippen LogP contribution in [0.5, 0.6) is 0 Å². The number of allylic oxidation sites excluding steroid dienone is 2. The number of hydrogen-bond donors (Lipinski definition) is 0. The maximum Gasteiger partial charge on any atom is 0.00217 e. The molecule has 0 aromatic carbocycles. The van der Waals surface area contributed by atoms with Crippen molar-refractivity contribution in [3.8, 4) is 0 Å². The highest BCUT2D eigenvalue weighted by Crippen LogP contribution is 2.46. The van der Waals surface area contributed by atoms with E-state index in [-0.39, 0.29) is 0 Å². The third kappa shape index (κ3) is 2.61. The Labute approximate surface area is 99.9 Å². The summed E-state index contributed by atoms with van der Waals surface area (Å²) < 4.78 is 0. The lowest BCUT2D eigenvalue weighted by Crippen LogP contribution is -2.21. The summed E-state index contributed by atoms with van der Waals surface area (Å²) in [6, 6.07) is 0. The van der Waals surface area contributed by atoms with E-state index in [9.17, 15) is 0 Å². The average molecular weight is 226 g/mol. The van der Waals surface area contributed by atoms with Crippen LogP contribution < -0.4 is 0 Å². The molecule has 0 aromatic heterocycles. The zero-order valence-electron chi connectivity index (χ0n) is 11.2. The molecule has 0 spiro atoms. The van der Waals surface area contributed by atoms with Gasteiger partial charge >= 0.3 is 0 Å². The van der Waals surface area contributed by atoms with Gasteiger partial charge in [-0.2, -0.15) is 11.8 Å². The summed E-state index contributed by atoms with van der Waals surface area (Å²) in [5, 5.41) is 0. The highest BCUT2D eigenvalue weighted by molar-refractivity contribution is 7.99. The minimum Gasteiger partial charge on any atom is -0.160 e. The molecule has 0 nitrogen and oxygen atoms in total. The molecule has 1 heteroatoms. The molecule has 0 saturated heterocycles. The van der Waals surface area contributed by atoms with Crippen LogP contribution in [0, 0.1) is 10.8 Å². The fourth-order valence-electron chi connectivity index (χ4n) is 2.94. The summed E-state index contributed by atoms with van der Waals surface area (Å²) in [5.74, 6) is 2.56. The fraction of sp³-hybridized carbons (Fsp3) is 0.857. The molecule has 15 heavy (non-hydrogen) atoms. The van der Waals surface area contributed by atoms with Crippen molar-refractivity contribution in [3.05, 3.63) is 11.1 Å². The lowest BCUT2D eigenvalue weighted by molar-refractivity contribution is 0.448. The minimum absolute atomic E-state index is 0.401. The molecule has 0 N–H and O–H groups in total. The maximum absolute atomic E-state index is 2.41. The van der Waals surface area contributed by atoms with Crippen LogP contribution in [0.4, 0.5) is 0 Å². The number of hydrogen-bond acceptors (Lipinski definition) is 1. The predicted molar refractivity (Wildman–Crippen MR) is 72.5 cm³/mol. The molecule has 0 atom stereocenters. The molecule has 0 bridgehead atoms. The molecule has 0 aliphatic carbocycles. The highest BCUT2D eigenvalue weighted by Gasteiger charge is 2.34. The van der Waals surface area contributed by atoms with Crippen molar-refractivity contribution in [2.24, 2.45) is 10.8 Å². The molecule has 0 amide bonds. The van der Waals surface area contributed by atoms with Crippen molar-refractivity contribution in [1.82, 2.24) is 0 Å². The topological polar surface area (TPSA) is 0 Å². The molecular weight excluding hydrogens is 200 g/mol. The van der Waals surface area contributed by atoms with E-state index in [4.69, 9.17) is 0 Å². The minimum atomic E-state index is 0.401. The molecule has 1 aliphatic rings. The van der Waals surface area contributed by atoms with E-state index in [1.54, 1.807) is 11.1 Å².